The van der Waals surface area contributed by atoms with E-state index in [9.17, 15) is 0 Å². The number of aromatic nitrogens is 1. The summed E-state index contributed by atoms with van der Waals surface area (Å²) in [4.78, 5) is 3.79. The third-order valence-electron chi connectivity index (χ3n) is 1.10. The Labute approximate surface area is 64.1 Å². The highest BCUT2D eigenvalue weighted by atomic mass is 35.5. The van der Waals surface area contributed by atoms with E-state index in [2.05, 4.69) is 4.98 Å². The molecule has 0 aliphatic carbocycles. The predicted octanol–water partition coefficient (Wildman–Crippen LogP) is 1.92. The van der Waals surface area contributed by atoms with Crippen molar-refractivity contribution in [3.05, 3.63) is 28.5 Å². The minimum atomic E-state index is 0.271. The van der Waals surface area contributed by atoms with Crippen molar-refractivity contribution in [1.82, 2.24) is 4.98 Å². The molecule has 0 N–H and O–H groups in total. The van der Waals surface area contributed by atoms with Crippen LogP contribution in [0.15, 0.2) is 12.3 Å². The standard InChI is InChI=1S/C7H5ClN2/c1-5-2-6(3-9)7(8)10-4-5/h2,4H,1H3. The molecule has 0 atom stereocenters. The van der Waals surface area contributed by atoms with Crippen LogP contribution in [0.3, 0.4) is 0 Å². The molecule has 1 rings (SSSR count). The van der Waals surface area contributed by atoms with Gasteiger partial charge in [0.05, 0.1) is 5.56 Å². The van der Waals surface area contributed by atoms with Gasteiger partial charge in [0.2, 0.25) is 0 Å². The van der Waals surface area contributed by atoms with E-state index in [1.807, 2.05) is 13.0 Å². The van der Waals surface area contributed by atoms with E-state index in [4.69, 9.17) is 16.9 Å². The largest absolute Gasteiger partial charge is 0.243 e. The minimum absolute atomic E-state index is 0.271. The summed E-state index contributed by atoms with van der Waals surface area (Å²) in [5.74, 6) is 0. The number of hydrogen-bond donors (Lipinski definition) is 0. The van der Waals surface area contributed by atoms with E-state index in [0.717, 1.165) is 5.56 Å². The van der Waals surface area contributed by atoms with Crippen LogP contribution in [-0.2, 0) is 0 Å². The first kappa shape index (κ1) is 7.04. The van der Waals surface area contributed by atoms with Crippen molar-refractivity contribution in [2.24, 2.45) is 0 Å². The van der Waals surface area contributed by atoms with Crippen LogP contribution in [0, 0.1) is 18.3 Å². The summed E-state index contributed by atoms with van der Waals surface area (Å²) in [6.07, 6.45) is 1.63. The Kier molecular flexibility index (Phi) is 1.88. The van der Waals surface area contributed by atoms with E-state index in [-0.39, 0.29) is 5.15 Å². The fourth-order valence-corrected chi connectivity index (χ4v) is 0.777. The van der Waals surface area contributed by atoms with Crippen molar-refractivity contribution >= 4 is 11.6 Å². The predicted molar refractivity (Wildman–Crippen MR) is 38.7 cm³/mol. The van der Waals surface area contributed by atoms with Crippen molar-refractivity contribution in [3.63, 3.8) is 0 Å². The van der Waals surface area contributed by atoms with Crippen molar-refractivity contribution < 1.29 is 0 Å². The molecule has 0 fully saturated rings. The lowest BCUT2D eigenvalue weighted by Gasteiger charge is -1.93. The third-order valence-corrected chi connectivity index (χ3v) is 1.40. The van der Waals surface area contributed by atoms with E-state index >= 15 is 0 Å². The number of nitriles is 1. The molecule has 10 heavy (non-hydrogen) atoms. The van der Waals surface area contributed by atoms with Gasteiger partial charge in [-0.25, -0.2) is 4.98 Å². The molecule has 0 saturated carbocycles. The van der Waals surface area contributed by atoms with Gasteiger partial charge < -0.3 is 0 Å². The van der Waals surface area contributed by atoms with Crippen LogP contribution in [0.25, 0.3) is 0 Å². The maximum absolute atomic E-state index is 8.47. The molecule has 1 aromatic rings. The number of nitrogens with zero attached hydrogens (tertiary/aromatic N) is 2. The van der Waals surface area contributed by atoms with Crippen LogP contribution in [0.1, 0.15) is 11.1 Å². The molecule has 0 aliphatic heterocycles. The second-order valence-electron chi connectivity index (χ2n) is 1.96. The van der Waals surface area contributed by atoms with Gasteiger partial charge in [-0.15, -0.1) is 0 Å². The SMILES string of the molecule is Cc1cnc(Cl)c(C#N)c1. The Bertz CT molecular complexity index is 288. The van der Waals surface area contributed by atoms with Crippen LogP contribution >= 0.6 is 11.6 Å². The lowest BCUT2D eigenvalue weighted by Crippen LogP contribution is -1.83. The molecule has 3 heteroatoms. The topological polar surface area (TPSA) is 36.7 Å². The fraction of sp³-hybridized carbons (Fsp3) is 0.143. The van der Waals surface area contributed by atoms with Crippen molar-refractivity contribution in [2.75, 3.05) is 0 Å². The Morgan fingerprint density at radius 2 is 2.40 bits per heavy atom. The first-order chi connectivity index (χ1) is 4.74. The van der Waals surface area contributed by atoms with Gasteiger partial charge in [-0.1, -0.05) is 11.6 Å². The maximum atomic E-state index is 8.47. The highest BCUT2D eigenvalue weighted by Crippen LogP contribution is 2.11. The van der Waals surface area contributed by atoms with Crippen molar-refractivity contribution in [2.45, 2.75) is 6.92 Å². The first-order valence-electron chi connectivity index (χ1n) is 2.76. The van der Waals surface area contributed by atoms with Gasteiger partial charge in [-0.05, 0) is 18.6 Å². The minimum Gasteiger partial charge on any atom is -0.243 e. The molecule has 1 heterocycles. The second kappa shape index (κ2) is 2.68. The summed E-state index contributed by atoms with van der Waals surface area (Å²) in [5, 5.41) is 8.74. The number of pyridine rings is 1. The summed E-state index contributed by atoms with van der Waals surface area (Å²) in [6, 6.07) is 3.65. The lowest BCUT2D eigenvalue weighted by atomic mass is 10.2. The smallest absolute Gasteiger partial charge is 0.146 e. The van der Waals surface area contributed by atoms with E-state index in [1.165, 1.54) is 0 Å². The molecule has 0 spiro atoms. The summed E-state index contributed by atoms with van der Waals surface area (Å²) < 4.78 is 0. The van der Waals surface area contributed by atoms with E-state index in [1.54, 1.807) is 12.3 Å². The highest BCUT2D eigenvalue weighted by molar-refractivity contribution is 6.30. The molecule has 0 bridgehead atoms. The van der Waals surface area contributed by atoms with Crippen LogP contribution < -0.4 is 0 Å². The summed E-state index contributed by atoms with van der Waals surface area (Å²) in [5.41, 5.74) is 1.38. The van der Waals surface area contributed by atoms with Gasteiger partial charge in [0.15, 0.2) is 0 Å². The number of rotatable bonds is 0. The van der Waals surface area contributed by atoms with Crippen LogP contribution in [-0.4, -0.2) is 4.98 Å². The quantitative estimate of drug-likeness (QED) is 0.533. The fourth-order valence-electron chi connectivity index (χ4n) is 0.631. The van der Waals surface area contributed by atoms with Crippen LogP contribution in [0.2, 0.25) is 5.15 Å². The van der Waals surface area contributed by atoms with Gasteiger partial charge in [0, 0.05) is 6.20 Å². The van der Waals surface area contributed by atoms with Gasteiger partial charge in [-0.3, -0.25) is 0 Å². The Balaban J connectivity index is 3.25. The van der Waals surface area contributed by atoms with Crippen LogP contribution in [0.4, 0.5) is 0 Å². The normalized spacial score (nSPS) is 8.90. The molecule has 0 aromatic carbocycles. The van der Waals surface area contributed by atoms with Gasteiger partial charge in [-0.2, -0.15) is 5.26 Å². The molecular formula is C7H5ClN2. The molecule has 2 nitrogen and oxygen atoms in total. The Morgan fingerprint density at radius 1 is 1.70 bits per heavy atom. The number of hydrogen-bond acceptors (Lipinski definition) is 2. The monoisotopic (exact) mass is 152 g/mol. The van der Waals surface area contributed by atoms with Gasteiger partial charge in [0.1, 0.15) is 11.2 Å². The molecule has 0 radical (unpaired) electrons. The number of halogens is 1. The molecule has 1 aromatic heterocycles. The lowest BCUT2D eigenvalue weighted by molar-refractivity contribution is 1.25. The molecular weight excluding hydrogens is 148 g/mol. The third kappa shape index (κ3) is 1.26. The second-order valence-corrected chi connectivity index (χ2v) is 2.32. The first-order valence-corrected chi connectivity index (χ1v) is 3.14. The molecule has 0 unspecified atom stereocenters. The molecule has 0 aliphatic rings. The average molecular weight is 153 g/mol. The molecule has 0 amide bonds. The van der Waals surface area contributed by atoms with Gasteiger partial charge >= 0.3 is 0 Å². The van der Waals surface area contributed by atoms with E-state index in [0.29, 0.717) is 5.56 Å². The van der Waals surface area contributed by atoms with Crippen LogP contribution in [0.5, 0.6) is 0 Å². The zero-order chi connectivity index (χ0) is 7.56. The van der Waals surface area contributed by atoms with Crippen molar-refractivity contribution in [1.29, 1.82) is 5.26 Å². The Morgan fingerprint density at radius 3 is 2.90 bits per heavy atom. The van der Waals surface area contributed by atoms with Gasteiger partial charge in [0.25, 0.3) is 0 Å². The average Bonchev–Trinajstić information content (AvgIpc) is 1.94. The highest BCUT2D eigenvalue weighted by Gasteiger charge is 1.98. The zero-order valence-corrected chi connectivity index (χ0v) is 6.18. The van der Waals surface area contributed by atoms with Crippen molar-refractivity contribution in [3.8, 4) is 6.07 Å². The summed E-state index contributed by atoms with van der Waals surface area (Å²) in [7, 11) is 0. The summed E-state index contributed by atoms with van der Waals surface area (Å²) >= 11 is 5.56. The van der Waals surface area contributed by atoms with E-state index < -0.39 is 0 Å². The molecule has 0 saturated heterocycles. The number of aryl methyl sites for hydroxylation is 1. The Hall–Kier alpha value is -1.07. The zero-order valence-electron chi connectivity index (χ0n) is 5.43. The molecule has 50 valence electrons. The maximum Gasteiger partial charge on any atom is 0.146 e. The summed E-state index contributed by atoms with van der Waals surface area (Å²) in [6.45, 7) is 1.87.